The number of aryl methyl sites for hydroxylation is 1. The summed E-state index contributed by atoms with van der Waals surface area (Å²) < 4.78 is 19.2. The molecule has 3 aromatic rings. The van der Waals surface area contributed by atoms with Crippen molar-refractivity contribution in [2.45, 2.75) is 19.5 Å². The fraction of sp³-hybridized carbons (Fsp3) is 0.375. The van der Waals surface area contributed by atoms with Gasteiger partial charge in [0.2, 0.25) is 5.56 Å². The molecule has 4 heterocycles. The van der Waals surface area contributed by atoms with Crippen LogP contribution in [0.5, 0.6) is 0 Å². The number of morpholine rings is 1. The highest BCUT2D eigenvalue weighted by Crippen LogP contribution is 2.28. The number of hydrogen-bond donors (Lipinski definition) is 2. The van der Waals surface area contributed by atoms with Gasteiger partial charge in [0, 0.05) is 48.8 Å². The summed E-state index contributed by atoms with van der Waals surface area (Å²) >= 11 is 0. The number of benzene rings is 1. The maximum absolute atomic E-state index is 13.8. The van der Waals surface area contributed by atoms with E-state index < -0.39 is 6.17 Å². The van der Waals surface area contributed by atoms with Crippen molar-refractivity contribution in [3.05, 3.63) is 58.0 Å². The van der Waals surface area contributed by atoms with E-state index in [1.807, 2.05) is 22.8 Å². The zero-order valence-corrected chi connectivity index (χ0v) is 18.4. The first-order chi connectivity index (χ1) is 16.0. The molecule has 33 heavy (non-hydrogen) atoms. The van der Waals surface area contributed by atoms with Gasteiger partial charge in [-0.25, -0.2) is 9.37 Å². The molecule has 1 unspecified atom stereocenters. The van der Waals surface area contributed by atoms with Gasteiger partial charge in [-0.15, -0.1) is 0 Å². The van der Waals surface area contributed by atoms with Crippen LogP contribution in [0.1, 0.15) is 22.3 Å². The molecule has 9 heteroatoms. The van der Waals surface area contributed by atoms with Gasteiger partial charge in [0.1, 0.15) is 12.0 Å². The number of anilines is 3. The maximum atomic E-state index is 13.8. The Kier molecular flexibility index (Phi) is 5.72. The molecule has 172 valence electrons. The molecule has 0 aliphatic carbocycles. The lowest BCUT2D eigenvalue weighted by Crippen LogP contribution is -2.38. The largest absolute Gasteiger partial charge is 0.378 e. The second-order valence-corrected chi connectivity index (χ2v) is 8.53. The Balaban J connectivity index is 1.48. The minimum absolute atomic E-state index is 0.160. The second-order valence-electron chi connectivity index (χ2n) is 8.53. The Bertz CT molecular complexity index is 1250. The molecular weight excluding hydrogens is 425 g/mol. The minimum Gasteiger partial charge on any atom is -0.378 e. The average molecular weight is 452 g/mol. The van der Waals surface area contributed by atoms with Gasteiger partial charge in [0.25, 0.3) is 5.91 Å². The number of ether oxygens (including phenoxy) is 1. The Morgan fingerprint density at radius 1 is 1.18 bits per heavy atom. The Morgan fingerprint density at radius 3 is 2.76 bits per heavy atom. The van der Waals surface area contributed by atoms with Gasteiger partial charge < -0.3 is 24.8 Å². The SMILES string of the molecule is Cc1cc(=O)[nH]c2ccc(NC(=O)c3cc(N4CCC(F)C4)cnc3N3CCOCC3)cc12. The molecule has 0 radical (unpaired) electrons. The summed E-state index contributed by atoms with van der Waals surface area (Å²) in [5, 5.41) is 3.84. The number of alkyl halides is 1. The van der Waals surface area contributed by atoms with E-state index in [2.05, 4.69) is 15.3 Å². The van der Waals surface area contributed by atoms with Crippen LogP contribution in [0.3, 0.4) is 0 Å². The maximum Gasteiger partial charge on any atom is 0.259 e. The molecule has 2 aliphatic rings. The third kappa shape index (κ3) is 4.41. The van der Waals surface area contributed by atoms with Crippen LogP contribution in [0.4, 0.5) is 21.6 Å². The number of aromatic amines is 1. The van der Waals surface area contributed by atoms with Gasteiger partial charge in [-0.2, -0.15) is 0 Å². The van der Waals surface area contributed by atoms with Gasteiger partial charge in [0.05, 0.1) is 30.7 Å². The molecule has 2 aromatic heterocycles. The van der Waals surface area contributed by atoms with Crippen LogP contribution in [0.15, 0.2) is 41.3 Å². The monoisotopic (exact) mass is 451 g/mol. The van der Waals surface area contributed by atoms with E-state index in [4.69, 9.17) is 4.74 Å². The minimum atomic E-state index is -0.867. The lowest BCUT2D eigenvalue weighted by atomic mass is 10.1. The van der Waals surface area contributed by atoms with Gasteiger partial charge in [-0.3, -0.25) is 9.59 Å². The van der Waals surface area contributed by atoms with Gasteiger partial charge in [-0.05, 0) is 43.2 Å². The molecular formula is C24H26FN5O3. The number of pyridine rings is 2. The average Bonchev–Trinajstić information content (AvgIpc) is 3.26. The first-order valence-corrected chi connectivity index (χ1v) is 11.1. The van der Waals surface area contributed by atoms with Crippen LogP contribution >= 0.6 is 0 Å². The number of halogens is 1. The normalized spacial score (nSPS) is 18.7. The van der Waals surface area contributed by atoms with Gasteiger partial charge in [0.15, 0.2) is 0 Å². The van der Waals surface area contributed by atoms with Crippen molar-refractivity contribution in [1.82, 2.24) is 9.97 Å². The fourth-order valence-electron chi connectivity index (χ4n) is 4.46. The van der Waals surface area contributed by atoms with Crippen LogP contribution in [-0.4, -0.2) is 61.4 Å². The van der Waals surface area contributed by atoms with E-state index in [1.54, 1.807) is 24.4 Å². The molecule has 2 fully saturated rings. The van der Waals surface area contributed by atoms with Crippen LogP contribution in [-0.2, 0) is 4.74 Å². The second kappa shape index (κ2) is 8.82. The van der Waals surface area contributed by atoms with Crippen molar-refractivity contribution >= 4 is 34.0 Å². The summed E-state index contributed by atoms with van der Waals surface area (Å²) in [5.41, 5.74) is 3.18. The van der Waals surface area contributed by atoms with E-state index in [-0.39, 0.29) is 11.5 Å². The van der Waals surface area contributed by atoms with Crippen molar-refractivity contribution in [1.29, 1.82) is 0 Å². The quantitative estimate of drug-likeness (QED) is 0.634. The predicted octanol–water partition coefficient (Wildman–Crippen LogP) is 2.87. The molecule has 0 bridgehead atoms. The molecule has 2 aliphatic heterocycles. The smallest absolute Gasteiger partial charge is 0.259 e. The molecule has 0 spiro atoms. The highest BCUT2D eigenvalue weighted by atomic mass is 19.1. The van der Waals surface area contributed by atoms with E-state index in [0.29, 0.717) is 68.4 Å². The van der Waals surface area contributed by atoms with Crippen molar-refractivity contribution in [3.8, 4) is 0 Å². The Labute approximate surface area is 190 Å². The number of H-pyrrole nitrogens is 1. The number of carbonyl (C=O) groups excluding carboxylic acids is 1. The van der Waals surface area contributed by atoms with E-state index >= 15 is 0 Å². The standard InChI is InChI=1S/C24H26FN5O3/c1-15-10-22(31)28-21-3-2-17(11-19(15)21)27-24(32)20-12-18(30-5-4-16(25)14-30)13-26-23(20)29-6-8-33-9-7-29/h2-3,10-13,16H,4-9,14H2,1H3,(H,27,32)(H,28,31). The molecule has 1 atom stereocenters. The summed E-state index contributed by atoms with van der Waals surface area (Å²) in [6.45, 7) is 5.20. The molecule has 2 N–H and O–H groups in total. The summed E-state index contributed by atoms with van der Waals surface area (Å²) in [5.74, 6) is 0.306. The molecule has 1 amide bonds. The zero-order chi connectivity index (χ0) is 22.9. The van der Waals surface area contributed by atoms with E-state index in [1.165, 1.54) is 6.07 Å². The number of carbonyl (C=O) groups is 1. The van der Waals surface area contributed by atoms with Crippen LogP contribution in [0.2, 0.25) is 0 Å². The Morgan fingerprint density at radius 2 is 2.00 bits per heavy atom. The first-order valence-electron chi connectivity index (χ1n) is 11.1. The third-order valence-corrected chi connectivity index (χ3v) is 6.21. The number of rotatable bonds is 4. The van der Waals surface area contributed by atoms with Crippen LogP contribution < -0.4 is 20.7 Å². The molecule has 5 rings (SSSR count). The molecule has 2 saturated heterocycles. The fourth-order valence-corrected chi connectivity index (χ4v) is 4.46. The predicted molar refractivity (Wildman–Crippen MR) is 126 cm³/mol. The summed E-state index contributed by atoms with van der Waals surface area (Å²) in [6, 6.07) is 8.72. The van der Waals surface area contributed by atoms with Crippen molar-refractivity contribution in [2.75, 3.05) is 54.5 Å². The number of nitrogens with one attached hydrogen (secondary N) is 2. The lowest BCUT2D eigenvalue weighted by Gasteiger charge is -2.30. The van der Waals surface area contributed by atoms with Crippen LogP contribution in [0.25, 0.3) is 10.9 Å². The van der Waals surface area contributed by atoms with Crippen molar-refractivity contribution in [3.63, 3.8) is 0 Å². The first kappa shape index (κ1) is 21.4. The summed E-state index contributed by atoms with van der Waals surface area (Å²) in [4.78, 5) is 36.5. The highest BCUT2D eigenvalue weighted by Gasteiger charge is 2.26. The van der Waals surface area contributed by atoms with Crippen molar-refractivity contribution in [2.24, 2.45) is 0 Å². The zero-order valence-electron chi connectivity index (χ0n) is 18.4. The number of nitrogens with zero attached hydrogens (tertiary/aromatic N) is 3. The van der Waals surface area contributed by atoms with Gasteiger partial charge >= 0.3 is 0 Å². The number of aromatic nitrogens is 2. The Hall–Kier alpha value is -3.46. The summed E-state index contributed by atoms with van der Waals surface area (Å²) in [6.07, 6.45) is 1.33. The molecule has 8 nitrogen and oxygen atoms in total. The topological polar surface area (TPSA) is 90.6 Å². The number of hydrogen-bond acceptors (Lipinski definition) is 6. The van der Waals surface area contributed by atoms with Crippen molar-refractivity contribution < 1.29 is 13.9 Å². The van der Waals surface area contributed by atoms with E-state index in [9.17, 15) is 14.0 Å². The highest BCUT2D eigenvalue weighted by molar-refractivity contribution is 6.08. The number of fused-ring (bicyclic) bond motifs is 1. The third-order valence-electron chi connectivity index (χ3n) is 6.21. The number of amides is 1. The molecule has 1 aromatic carbocycles. The van der Waals surface area contributed by atoms with Crippen LogP contribution in [0, 0.1) is 6.92 Å². The lowest BCUT2D eigenvalue weighted by molar-refractivity contribution is 0.102. The summed E-state index contributed by atoms with van der Waals surface area (Å²) in [7, 11) is 0. The van der Waals surface area contributed by atoms with Gasteiger partial charge in [-0.1, -0.05) is 0 Å². The van der Waals surface area contributed by atoms with E-state index in [0.717, 1.165) is 16.6 Å². The molecule has 0 saturated carbocycles.